The first-order valence-corrected chi connectivity index (χ1v) is 7.29. The molecule has 0 radical (unpaired) electrons. The van der Waals surface area contributed by atoms with Crippen LogP contribution in [0.15, 0.2) is 24.3 Å². The minimum Gasteiger partial charge on any atom is -0.348 e. The first-order valence-electron chi connectivity index (χ1n) is 7.29. The average molecular weight is 326 g/mol. The number of carbonyl (C=O) groups excluding carboxylic acids is 2. The molecule has 1 heterocycles. The van der Waals surface area contributed by atoms with Crippen LogP contribution in [0.2, 0.25) is 0 Å². The predicted molar refractivity (Wildman–Crippen MR) is 90.1 cm³/mol. The molecule has 1 aliphatic rings. The van der Waals surface area contributed by atoms with E-state index in [4.69, 9.17) is 5.73 Å². The molecule has 3 N–H and O–H groups in total. The molecule has 22 heavy (non-hydrogen) atoms. The van der Waals surface area contributed by atoms with Crippen LogP contribution in [0.1, 0.15) is 45.2 Å². The molecule has 1 atom stereocenters. The summed E-state index contributed by atoms with van der Waals surface area (Å²) in [7, 11) is 0. The minimum atomic E-state index is -0.906. The standard InChI is InChI=1S/C16H23N3O2.ClH/c1-11(18-15(21)16(2,3)17)12-6-4-7-13(10-12)19-9-5-8-14(19)20;/h4,6-7,10-11H,5,8-9,17H2,1-3H3,(H,18,21);1H. The fourth-order valence-electron chi connectivity index (χ4n) is 2.35. The highest BCUT2D eigenvalue weighted by Gasteiger charge is 2.25. The zero-order valence-corrected chi connectivity index (χ0v) is 14.1. The lowest BCUT2D eigenvalue weighted by atomic mass is 10.0. The zero-order chi connectivity index (χ0) is 15.6. The molecule has 1 aliphatic heterocycles. The van der Waals surface area contributed by atoms with Gasteiger partial charge in [-0.05, 0) is 44.9 Å². The molecule has 1 saturated heterocycles. The van der Waals surface area contributed by atoms with Crippen molar-refractivity contribution in [2.75, 3.05) is 11.4 Å². The summed E-state index contributed by atoms with van der Waals surface area (Å²) >= 11 is 0. The normalized spacial score (nSPS) is 16.2. The molecule has 0 aliphatic carbocycles. The Morgan fingerprint density at radius 3 is 2.64 bits per heavy atom. The van der Waals surface area contributed by atoms with E-state index in [0.29, 0.717) is 6.42 Å². The highest BCUT2D eigenvalue weighted by atomic mass is 35.5. The van der Waals surface area contributed by atoms with Crippen LogP contribution < -0.4 is 16.0 Å². The van der Waals surface area contributed by atoms with Crippen molar-refractivity contribution < 1.29 is 9.59 Å². The fourth-order valence-corrected chi connectivity index (χ4v) is 2.35. The van der Waals surface area contributed by atoms with Crippen LogP contribution in [0.5, 0.6) is 0 Å². The lowest BCUT2D eigenvalue weighted by Gasteiger charge is -2.23. The van der Waals surface area contributed by atoms with Crippen molar-refractivity contribution in [1.82, 2.24) is 5.32 Å². The molecular formula is C16H24ClN3O2. The Morgan fingerprint density at radius 1 is 1.41 bits per heavy atom. The second kappa shape index (κ2) is 7.11. The van der Waals surface area contributed by atoms with Crippen molar-refractivity contribution >= 4 is 29.9 Å². The smallest absolute Gasteiger partial charge is 0.239 e. The zero-order valence-electron chi connectivity index (χ0n) is 13.3. The molecule has 1 fully saturated rings. The number of anilines is 1. The topological polar surface area (TPSA) is 75.4 Å². The summed E-state index contributed by atoms with van der Waals surface area (Å²) in [5.41, 5.74) is 6.74. The second-order valence-corrected chi connectivity index (χ2v) is 6.16. The van der Waals surface area contributed by atoms with Crippen molar-refractivity contribution in [2.45, 2.75) is 45.2 Å². The van der Waals surface area contributed by atoms with Gasteiger partial charge in [-0.25, -0.2) is 0 Å². The van der Waals surface area contributed by atoms with E-state index in [1.165, 1.54) is 0 Å². The highest BCUT2D eigenvalue weighted by Crippen LogP contribution is 2.24. The molecule has 5 nitrogen and oxygen atoms in total. The maximum absolute atomic E-state index is 11.9. The average Bonchev–Trinajstić information content (AvgIpc) is 2.84. The number of nitrogens with one attached hydrogen (secondary N) is 1. The SMILES string of the molecule is CC(NC(=O)C(C)(C)N)c1cccc(N2CCCC2=O)c1.Cl. The Morgan fingerprint density at radius 2 is 2.09 bits per heavy atom. The lowest BCUT2D eigenvalue weighted by Crippen LogP contribution is -2.49. The van der Waals surface area contributed by atoms with Crippen molar-refractivity contribution in [2.24, 2.45) is 5.73 Å². The van der Waals surface area contributed by atoms with Gasteiger partial charge in [-0.1, -0.05) is 12.1 Å². The molecule has 1 aromatic carbocycles. The summed E-state index contributed by atoms with van der Waals surface area (Å²) in [4.78, 5) is 25.5. The van der Waals surface area contributed by atoms with Crippen molar-refractivity contribution in [1.29, 1.82) is 0 Å². The van der Waals surface area contributed by atoms with Gasteiger partial charge in [0.25, 0.3) is 0 Å². The van der Waals surface area contributed by atoms with Crippen molar-refractivity contribution in [3.63, 3.8) is 0 Å². The number of hydrogen-bond acceptors (Lipinski definition) is 3. The molecule has 2 amide bonds. The van der Waals surface area contributed by atoms with Gasteiger partial charge in [0.05, 0.1) is 11.6 Å². The van der Waals surface area contributed by atoms with E-state index in [1.54, 1.807) is 18.7 Å². The summed E-state index contributed by atoms with van der Waals surface area (Å²) in [5.74, 6) is -0.0374. The summed E-state index contributed by atoms with van der Waals surface area (Å²) in [6.45, 7) is 6.02. The molecule has 122 valence electrons. The molecule has 0 spiro atoms. The summed E-state index contributed by atoms with van der Waals surface area (Å²) < 4.78 is 0. The number of amides is 2. The van der Waals surface area contributed by atoms with Crippen LogP contribution >= 0.6 is 12.4 Å². The van der Waals surface area contributed by atoms with Gasteiger partial charge in [-0.3, -0.25) is 9.59 Å². The van der Waals surface area contributed by atoms with Crippen LogP contribution in [-0.2, 0) is 9.59 Å². The van der Waals surface area contributed by atoms with Gasteiger partial charge in [0.1, 0.15) is 0 Å². The van der Waals surface area contributed by atoms with E-state index in [-0.39, 0.29) is 30.3 Å². The Balaban J connectivity index is 0.00000242. The van der Waals surface area contributed by atoms with Crippen LogP contribution in [-0.4, -0.2) is 23.9 Å². The van der Waals surface area contributed by atoms with Gasteiger partial charge in [0.2, 0.25) is 11.8 Å². The number of halogens is 1. The number of carbonyl (C=O) groups is 2. The van der Waals surface area contributed by atoms with Crippen LogP contribution in [0.3, 0.4) is 0 Å². The molecule has 0 aromatic heterocycles. The van der Waals surface area contributed by atoms with E-state index >= 15 is 0 Å². The van der Waals surface area contributed by atoms with Crippen molar-refractivity contribution in [3.05, 3.63) is 29.8 Å². The third-order valence-electron chi connectivity index (χ3n) is 3.69. The van der Waals surface area contributed by atoms with Crippen LogP contribution in [0.4, 0.5) is 5.69 Å². The number of hydrogen-bond donors (Lipinski definition) is 2. The Hall–Kier alpha value is -1.59. The van der Waals surface area contributed by atoms with Gasteiger partial charge in [0, 0.05) is 18.7 Å². The Bertz CT molecular complexity index is 555. The minimum absolute atomic E-state index is 0. The molecule has 1 unspecified atom stereocenters. The molecule has 1 aromatic rings. The third-order valence-corrected chi connectivity index (χ3v) is 3.69. The van der Waals surface area contributed by atoms with E-state index < -0.39 is 5.54 Å². The van der Waals surface area contributed by atoms with Gasteiger partial charge >= 0.3 is 0 Å². The number of rotatable bonds is 4. The summed E-state index contributed by atoms with van der Waals surface area (Å²) in [5, 5.41) is 2.90. The quantitative estimate of drug-likeness (QED) is 0.890. The molecule has 0 saturated carbocycles. The summed E-state index contributed by atoms with van der Waals surface area (Å²) in [6.07, 6.45) is 1.51. The van der Waals surface area contributed by atoms with E-state index in [1.807, 2.05) is 31.2 Å². The number of nitrogens with two attached hydrogens (primary N) is 1. The predicted octanol–water partition coefficient (Wildman–Crippen LogP) is 2.15. The maximum Gasteiger partial charge on any atom is 0.239 e. The number of benzene rings is 1. The first kappa shape index (κ1) is 18.5. The van der Waals surface area contributed by atoms with Gasteiger partial charge < -0.3 is 16.0 Å². The molecule has 0 bridgehead atoms. The Kier molecular flexibility index (Phi) is 5.97. The number of nitrogens with zero attached hydrogens (tertiary/aromatic N) is 1. The first-order chi connectivity index (χ1) is 9.79. The largest absolute Gasteiger partial charge is 0.348 e. The third kappa shape index (κ3) is 4.21. The van der Waals surface area contributed by atoms with E-state index in [9.17, 15) is 9.59 Å². The van der Waals surface area contributed by atoms with Gasteiger partial charge in [-0.2, -0.15) is 0 Å². The maximum atomic E-state index is 11.9. The lowest BCUT2D eigenvalue weighted by molar-refractivity contribution is -0.125. The van der Waals surface area contributed by atoms with Crippen molar-refractivity contribution in [3.8, 4) is 0 Å². The van der Waals surface area contributed by atoms with Gasteiger partial charge in [-0.15, -0.1) is 12.4 Å². The van der Waals surface area contributed by atoms with Gasteiger partial charge in [0.15, 0.2) is 0 Å². The van der Waals surface area contributed by atoms with Crippen LogP contribution in [0, 0.1) is 0 Å². The van der Waals surface area contributed by atoms with E-state index in [2.05, 4.69) is 5.32 Å². The molecule has 6 heteroatoms. The summed E-state index contributed by atoms with van der Waals surface area (Å²) in [6, 6.07) is 7.58. The molecule has 2 rings (SSSR count). The fraction of sp³-hybridized carbons (Fsp3) is 0.500. The van der Waals surface area contributed by atoms with E-state index in [0.717, 1.165) is 24.2 Å². The molecular weight excluding hydrogens is 302 g/mol. The second-order valence-electron chi connectivity index (χ2n) is 6.16. The highest BCUT2D eigenvalue weighted by molar-refractivity contribution is 5.95. The Labute approximate surface area is 137 Å². The van der Waals surface area contributed by atoms with Crippen LogP contribution in [0.25, 0.3) is 0 Å². The monoisotopic (exact) mass is 325 g/mol.